The minimum atomic E-state index is -4.46. The van der Waals surface area contributed by atoms with Gasteiger partial charge < -0.3 is 10.8 Å². The van der Waals surface area contributed by atoms with Gasteiger partial charge in [0.15, 0.2) is 0 Å². The molecule has 0 aliphatic heterocycles. The Morgan fingerprint density at radius 1 is 0.944 bits per heavy atom. The van der Waals surface area contributed by atoms with E-state index in [-0.39, 0.29) is 0 Å². The Hall–Kier alpha value is -2.17. The van der Waals surface area contributed by atoms with Crippen LogP contribution in [0.5, 0.6) is 5.75 Å². The fourth-order valence-corrected chi connectivity index (χ4v) is 1.61. The maximum atomic E-state index is 12.4. The van der Waals surface area contributed by atoms with Crippen LogP contribution in [-0.4, -0.2) is 5.11 Å². The van der Waals surface area contributed by atoms with Crippen molar-refractivity contribution in [1.82, 2.24) is 0 Å². The number of hydrogen-bond donors (Lipinski definition) is 2. The average Bonchev–Trinajstić information content (AvgIpc) is 2.29. The summed E-state index contributed by atoms with van der Waals surface area (Å²) >= 11 is 0. The molecule has 0 fully saturated rings. The minimum Gasteiger partial charge on any atom is -0.507 e. The van der Waals surface area contributed by atoms with Crippen molar-refractivity contribution in [3.63, 3.8) is 0 Å². The number of aromatic hydroxyl groups is 1. The van der Waals surface area contributed by atoms with Crippen LogP contribution in [0.4, 0.5) is 18.9 Å². The molecule has 2 rings (SSSR count). The van der Waals surface area contributed by atoms with E-state index in [1.54, 1.807) is 24.3 Å². The number of phenolic OH excluding ortho intramolecular Hbond substituents is 1. The summed E-state index contributed by atoms with van der Waals surface area (Å²) in [7, 11) is 0. The summed E-state index contributed by atoms with van der Waals surface area (Å²) in [5, 5.41) is 9.65. The third-order valence-electron chi connectivity index (χ3n) is 2.55. The number of benzene rings is 2. The van der Waals surface area contributed by atoms with Gasteiger partial charge in [0, 0.05) is 11.3 Å². The van der Waals surface area contributed by atoms with E-state index in [1.807, 2.05) is 0 Å². The molecule has 0 spiro atoms. The first-order chi connectivity index (χ1) is 8.38. The molecular weight excluding hydrogens is 243 g/mol. The lowest BCUT2D eigenvalue weighted by Gasteiger charge is -2.10. The Morgan fingerprint density at radius 3 is 2.06 bits per heavy atom. The third kappa shape index (κ3) is 2.40. The van der Waals surface area contributed by atoms with Crippen molar-refractivity contribution in [3.8, 4) is 16.9 Å². The number of nitrogen functional groups attached to an aromatic ring is 1. The van der Waals surface area contributed by atoms with Gasteiger partial charge in [0.1, 0.15) is 5.75 Å². The van der Waals surface area contributed by atoms with Crippen LogP contribution in [0.3, 0.4) is 0 Å². The number of rotatable bonds is 1. The topological polar surface area (TPSA) is 46.2 Å². The maximum Gasteiger partial charge on any atom is 0.416 e. The van der Waals surface area contributed by atoms with Crippen LogP contribution >= 0.6 is 0 Å². The number of hydrogen-bond acceptors (Lipinski definition) is 2. The zero-order valence-corrected chi connectivity index (χ0v) is 9.20. The first kappa shape index (κ1) is 12.3. The van der Waals surface area contributed by atoms with E-state index in [2.05, 4.69) is 0 Å². The molecule has 0 aliphatic carbocycles. The summed E-state index contributed by atoms with van der Waals surface area (Å²) < 4.78 is 37.3. The van der Waals surface area contributed by atoms with Gasteiger partial charge in [0.25, 0.3) is 0 Å². The van der Waals surface area contributed by atoms with E-state index in [0.717, 1.165) is 6.07 Å². The van der Waals surface area contributed by atoms with Crippen molar-refractivity contribution in [2.45, 2.75) is 6.18 Å². The highest BCUT2D eigenvalue weighted by atomic mass is 19.4. The smallest absolute Gasteiger partial charge is 0.416 e. The molecule has 0 radical (unpaired) electrons. The van der Waals surface area contributed by atoms with Gasteiger partial charge in [-0.1, -0.05) is 18.2 Å². The number of alkyl halides is 3. The Bertz CT molecular complexity index is 561. The first-order valence-electron chi connectivity index (χ1n) is 5.14. The Labute approximate surface area is 101 Å². The van der Waals surface area contributed by atoms with Gasteiger partial charge >= 0.3 is 6.18 Å². The lowest BCUT2D eigenvalue weighted by molar-refractivity contribution is -0.137. The molecule has 0 saturated carbocycles. The molecule has 2 aromatic carbocycles. The van der Waals surface area contributed by atoms with Gasteiger partial charge in [-0.05, 0) is 29.8 Å². The molecule has 18 heavy (non-hydrogen) atoms. The summed E-state index contributed by atoms with van der Waals surface area (Å²) in [6.07, 6.45) is -4.46. The average molecular weight is 253 g/mol. The van der Waals surface area contributed by atoms with Crippen molar-refractivity contribution in [2.75, 3.05) is 5.73 Å². The van der Waals surface area contributed by atoms with Crippen molar-refractivity contribution >= 4 is 5.69 Å². The van der Waals surface area contributed by atoms with Gasteiger partial charge in [0.05, 0.1) is 5.56 Å². The van der Waals surface area contributed by atoms with Crippen LogP contribution in [0.2, 0.25) is 0 Å². The second-order valence-corrected chi connectivity index (χ2v) is 3.85. The van der Waals surface area contributed by atoms with Gasteiger partial charge in [-0.15, -0.1) is 0 Å². The number of nitrogens with two attached hydrogens (primary N) is 1. The predicted octanol–water partition coefficient (Wildman–Crippen LogP) is 3.66. The zero-order chi connectivity index (χ0) is 13.3. The van der Waals surface area contributed by atoms with Crippen LogP contribution in [0.1, 0.15) is 5.56 Å². The lowest BCUT2D eigenvalue weighted by atomic mass is 10.0. The highest BCUT2D eigenvalue weighted by molar-refractivity contribution is 5.71. The molecule has 0 atom stereocenters. The van der Waals surface area contributed by atoms with Crippen molar-refractivity contribution in [1.29, 1.82) is 0 Å². The van der Waals surface area contributed by atoms with Gasteiger partial charge in [-0.25, -0.2) is 0 Å². The molecule has 0 bridgehead atoms. The SMILES string of the molecule is Nc1ccc(-c2ccc(C(F)(F)F)cc2O)cc1. The van der Waals surface area contributed by atoms with E-state index in [4.69, 9.17) is 5.73 Å². The van der Waals surface area contributed by atoms with Gasteiger partial charge in [-0.3, -0.25) is 0 Å². The largest absolute Gasteiger partial charge is 0.507 e. The van der Waals surface area contributed by atoms with Crippen LogP contribution in [0.25, 0.3) is 11.1 Å². The standard InChI is InChI=1S/C13H10F3NO/c14-13(15,16)9-3-6-11(12(18)7-9)8-1-4-10(17)5-2-8/h1-7,18H,17H2. The quantitative estimate of drug-likeness (QED) is 0.762. The van der Waals surface area contributed by atoms with E-state index < -0.39 is 17.5 Å². The molecule has 0 heterocycles. The molecule has 2 nitrogen and oxygen atoms in total. The van der Waals surface area contributed by atoms with Crippen LogP contribution in [-0.2, 0) is 6.18 Å². The molecule has 0 unspecified atom stereocenters. The van der Waals surface area contributed by atoms with E-state index in [0.29, 0.717) is 22.9 Å². The monoisotopic (exact) mass is 253 g/mol. The molecule has 0 aromatic heterocycles. The third-order valence-corrected chi connectivity index (χ3v) is 2.55. The van der Waals surface area contributed by atoms with Gasteiger partial charge in [-0.2, -0.15) is 13.2 Å². The highest BCUT2D eigenvalue weighted by Crippen LogP contribution is 2.36. The van der Waals surface area contributed by atoms with E-state index in [9.17, 15) is 18.3 Å². The second-order valence-electron chi connectivity index (χ2n) is 3.85. The summed E-state index contributed by atoms with van der Waals surface area (Å²) in [5.74, 6) is -0.408. The van der Waals surface area contributed by atoms with E-state index in [1.165, 1.54) is 6.07 Å². The molecule has 5 heteroatoms. The van der Waals surface area contributed by atoms with Crippen molar-refractivity contribution < 1.29 is 18.3 Å². The van der Waals surface area contributed by atoms with Crippen LogP contribution < -0.4 is 5.73 Å². The van der Waals surface area contributed by atoms with E-state index >= 15 is 0 Å². The van der Waals surface area contributed by atoms with Crippen molar-refractivity contribution in [3.05, 3.63) is 48.0 Å². The van der Waals surface area contributed by atoms with Crippen LogP contribution in [0.15, 0.2) is 42.5 Å². The number of anilines is 1. The molecule has 94 valence electrons. The highest BCUT2D eigenvalue weighted by Gasteiger charge is 2.31. The number of phenols is 1. The Morgan fingerprint density at radius 2 is 1.56 bits per heavy atom. The zero-order valence-electron chi connectivity index (χ0n) is 9.20. The Balaban J connectivity index is 2.45. The molecule has 0 aliphatic rings. The summed E-state index contributed by atoms with van der Waals surface area (Å²) in [6.45, 7) is 0. The fourth-order valence-electron chi connectivity index (χ4n) is 1.61. The second kappa shape index (κ2) is 4.25. The molecule has 2 aromatic rings. The fraction of sp³-hybridized carbons (Fsp3) is 0.0769. The minimum absolute atomic E-state index is 0.336. The number of halogens is 3. The summed E-state index contributed by atoms with van der Waals surface area (Å²) in [6, 6.07) is 9.40. The van der Waals surface area contributed by atoms with Crippen molar-refractivity contribution in [2.24, 2.45) is 0 Å². The lowest BCUT2D eigenvalue weighted by Crippen LogP contribution is -2.04. The normalized spacial score (nSPS) is 11.5. The first-order valence-corrected chi connectivity index (χ1v) is 5.14. The summed E-state index contributed by atoms with van der Waals surface area (Å²) in [4.78, 5) is 0. The summed E-state index contributed by atoms with van der Waals surface area (Å²) in [5.41, 5.74) is 6.13. The maximum absolute atomic E-state index is 12.4. The van der Waals surface area contributed by atoms with Crippen LogP contribution in [0, 0.1) is 0 Å². The molecule has 0 saturated heterocycles. The van der Waals surface area contributed by atoms with Gasteiger partial charge in [0.2, 0.25) is 0 Å². The Kier molecular flexibility index (Phi) is 2.90. The molecule has 0 amide bonds. The molecule has 3 N–H and O–H groups in total. The predicted molar refractivity (Wildman–Crippen MR) is 63.0 cm³/mol. The molecular formula is C13H10F3NO.